The third kappa shape index (κ3) is 6.81. The SMILES string of the molecule is Cc1ccccc1C(NC(=O)OC(C)(C)C)C(N=C1c2ccccc2-c2ccccc21)P(=O)(O)OC(C)(C)C(C)C. The molecule has 3 aromatic carbocycles. The smallest absolute Gasteiger partial charge is 0.408 e. The van der Waals surface area contributed by atoms with Gasteiger partial charge in [0.25, 0.3) is 0 Å². The first-order valence-corrected chi connectivity index (χ1v) is 15.6. The van der Waals surface area contributed by atoms with Crippen molar-refractivity contribution >= 4 is 19.4 Å². The van der Waals surface area contributed by atoms with Crippen LogP contribution in [0.2, 0.25) is 0 Å². The van der Waals surface area contributed by atoms with Gasteiger partial charge in [0.2, 0.25) is 0 Å². The van der Waals surface area contributed by atoms with E-state index in [0.29, 0.717) is 11.3 Å². The Bertz CT molecular complexity index is 1460. The number of benzene rings is 3. The Labute approximate surface area is 243 Å². The number of aryl methyl sites for hydroxylation is 1. The Balaban J connectivity index is 1.96. The molecule has 41 heavy (non-hydrogen) atoms. The number of nitrogens with zero attached hydrogens (tertiary/aromatic N) is 1. The van der Waals surface area contributed by atoms with Gasteiger partial charge in [-0.05, 0) is 69.7 Å². The van der Waals surface area contributed by atoms with Gasteiger partial charge < -0.3 is 19.5 Å². The van der Waals surface area contributed by atoms with Gasteiger partial charge in [0, 0.05) is 11.1 Å². The summed E-state index contributed by atoms with van der Waals surface area (Å²) in [5.41, 5.74) is 4.01. The van der Waals surface area contributed by atoms with Gasteiger partial charge >= 0.3 is 13.7 Å². The molecule has 0 bridgehead atoms. The van der Waals surface area contributed by atoms with Crippen LogP contribution in [0.3, 0.4) is 0 Å². The van der Waals surface area contributed by atoms with Gasteiger partial charge in [0.05, 0.1) is 17.4 Å². The predicted molar refractivity (Wildman–Crippen MR) is 164 cm³/mol. The lowest BCUT2D eigenvalue weighted by Gasteiger charge is -2.36. The van der Waals surface area contributed by atoms with Crippen molar-refractivity contribution in [3.8, 4) is 11.1 Å². The monoisotopic (exact) mass is 576 g/mol. The quantitative estimate of drug-likeness (QED) is 0.207. The van der Waals surface area contributed by atoms with Crippen molar-refractivity contribution in [1.82, 2.24) is 5.32 Å². The van der Waals surface area contributed by atoms with Crippen molar-refractivity contribution in [1.29, 1.82) is 0 Å². The van der Waals surface area contributed by atoms with Crippen LogP contribution in [0.25, 0.3) is 11.1 Å². The van der Waals surface area contributed by atoms with Crippen molar-refractivity contribution in [3.05, 3.63) is 95.1 Å². The number of ether oxygens (including phenoxy) is 1. The molecular weight excluding hydrogens is 535 g/mol. The molecule has 0 aromatic heterocycles. The largest absolute Gasteiger partial charge is 0.444 e. The summed E-state index contributed by atoms with van der Waals surface area (Å²) < 4.78 is 26.1. The van der Waals surface area contributed by atoms with Crippen molar-refractivity contribution in [3.63, 3.8) is 0 Å². The summed E-state index contributed by atoms with van der Waals surface area (Å²) in [5, 5.41) is 2.89. The van der Waals surface area contributed by atoms with E-state index in [1.807, 2.05) is 93.6 Å². The van der Waals surface area contributed by atoms with Crippen LogP contribution in [0.4, 0.5) is 4.79 Å². The van der Waals surface area contributed by atoms with Crippen LogP contribution in [0.5, 0.6) is 0 Å². The van der Waals surface area contributed by atoms with Gasteiger partial charge in [-0.2, -0.15) is 0 Å². The highest BCUT2D eigenvalue weighted by atomic mass is 31.2. The fourth-order valence-electron chi connectivity index (χ4n) is 4.78. The molecule has 7 nitrogen and oxygen atoms in total. The first kappa shape index (κ1) is 30.7. The van der Waals surface area contributed by atoms with Gasteiger partial charge in [-0.25, -0.2) is 4.79 Å². The zero-order chi connectivity index (χ0) is 30.2. The van der Waals surface area contributed by atoms with Gasteiger partial charge in [-0.15, -0.1) is 0 Å². The molecule has 1 amide bonds. The average Bonchev–Trinajstić information content (AvgIpc) is 3.18. The highest BCUT2D eigenvalue weighted by Gasteiger charge is 2.46. The fraction of sp³-hybridized carbons (Fsp3) is 0.394. The third-order valence-corrected chi connectivity index (χ3v) is 9.31. The molecule has 0 heterocycles. The van der Waals surface area contributed by atoms with Crippen molar-refractivity contribution < 1.29 is 23.5 Å². The second-order valence-corrected chi connectivity index (χ2v) is 14.2. The van der Waals surface area contributed by atoms with E-state index in [-0.39, 0.29) is 5.92 Å². The Hall–Kier alpha value is -3.25. The summed E-state index contributed by atoms with van der Waals surface area (Å²) in [6, 6.07) is 22.1. The molecule has 4 rings (SSSR count). The number of aliphatic imine (C=N–C) groups is 1. The molecule has 0 aliphatic heterocycles. The van der Waals surface area contributed by atoms with Gasteiger partial charge in [0.1, 0.15) is 5.60 Å². The number of nitrogens with one attached hydrogen (secondary N) is 1. The molecular formula is C33H41N2O5P. The zero-order valence-electron chi connectivity index (χ0n) is 25.1. The van der Waals surface area contributed by atoms with Gasteiger partial charge in [-0.1, -0.05) is 86.6 Å². The van der Waals surface area contributed by atoms with Crippen LogP contribution < -0.4 is 5.32 Å². The van der Waals surface area contributed by atoms with E-state index < -0.39 is 36.7 Å². The van der Waals surface area contributed by atoms with Crippen molar-refractivity contribution in [2.75, 3.05) is 0 Å². The molecule has 2 N–H and O–H groups in total. The lowest BCUT2D eigenvalue weighted by atomic mass is 9.95. The Morgan fingerprint density at radius 1 is 0.854 bits per heavy atom. The standard InChI is InChI=1S/C33H41N2O5P/c1-21(2)33(7,8)40-41(37,38)30(29(23-16-10-9-15-22(23)3)35-31(36)39-32(4,5)6)34-28-26-19-13-11-17-24(26)25-18-12-14-20-27(25)28/h9-21,29-30H,1-8H3,(H,35,36)(H,37,38). The number of carbonyl (C=O) groups excluding carboxylic acids is 1. The highest BCUT2D eigenvalue weighted by molar-refractivity contribution is 7.53. The number of hydrogen-bond donors (Lipinski definition) is 2. The molecule has 0 radical (unpaired) electrons. The molecule has 3 atom stereocenters. The van der Waals surface area contributed by atoms with Crippen LogP contribution in [0, 0.1) is 12.8 Å². The minimum Gasteiger partial charge on any atom is -0.444 e. The van der Waals surface area contributed by atoms with Crippen LogP contribution in [0.15, 0.2) is 77.8 Å². The van der Waals surface area contributed by atoms with Crippen LogP contribution in [-0.4, -0.2) is 33.7 Å². The average molecular weight is 577 g/mol. The molecule has 3 unspecified atom stereocenters. The number of carbonyl (C=O) groups is 1. The lowest BCUT2D eigenvalue weighted by molar-refractivity contribution is 0.0418. The number of alkyl carbamates (subject to hydrolysis) is 1. The first-order valence-electron chi connectivity index (χ1n) is 14.0. The van der Waals surface area contributed by atoms with Crippen LogP contribution in [-0.2, 0) is 13.8 Å². The van der Waals surface area contributed by atoms with Crippen LogP contribution >= 0.6 is 7.60 Å². The molecule has 0 saturated carbocycles. The summed E-state index contributed by atoms with van der Waals surface area (Å²) >= 11 is 0. The van der Waals surface area contributed by atoms with E-state index in [0.717, 1.165) is 27.8 Å². The van der Waals surface area contributed by atoms with Gasteiger partial charge in [-0.3, -0.25) is 9.56 Å². The second-order valence-electron chi connectivity index (χ2n) is 12.4. The number of hydrogen-bond acceptors (Lipinski definition) is 5. The van der Waals surface area contributed by atoms with E-state index >= 15 is 0 Å². The van der Waals surface area contributed by atoms with Crippen molar-refractivity contribution in [2.45, 2.75) is 78.4 Å². The molecule has 0 spiro atoms. The maximum atomic E-state index is 14.5. The number of amides is 1. The summed E-state index contributed by atoms with van der Waals surface area (Å²) in [5.74, 6) is -1.46. The summed E-state index contributed by atoms with van der Waals surface area (Å²) in [4.78, 5) is 30.1. The Morgan fingerprint density at radius 3 is 1.83 bits per heavy atom. The summed E-state index contributed by atoms with van der Waals surface area (Å²) in [6.45, 7) is 14.6. The molecule has 3 aromatic rings. The molecule has 8 heteroatoms. The molecule has 0 fully saturated rings. The van der Waals surface area contributed by atoms with E-state index in [1.54, 1.807) is 34.6 Å². The number of rotatable bonds is 8. The lowest BCUT2D eigenvalue weighted by Crippen LogP contribution is -2.41. The molecule has 0 saturated heterocycles. The third-order valence-electron chi connectivity index (χ3n) is 7.50. The van der Waals surface area contributed by atoms with E-state index in [4.69, 9.17) is 14.3 Å². The van der Waals surface area contributed by atoms with Crippen molar-refractivity contribution in [2.24, 2.45) is 10.9 Å². The maximum Gasteiger partial charge on any atom is 0.408 e. The van der Waals surface area contributed by atoms with E-state index in [1.165, 1.54) is 0 Å². The first-order chi connectivity index (χ1) is 19.1. The Kier molecular flexibility index (Phi) is 8.65. The summed E-state index contributed by atoms with van der Waals surface area (Å²) in [7, 11) is -4.56. The normalized spacial score (nSPS) is 15.9. The van der Waals surface area contributed by atoms with Crippen LogP contribution in [0.1, 0.15) is 76.8 Å². The fourth-order valence-corrected chi connectivity index (χ4v) is 6.65. The topological polar surface area (TPSA) is 97.2 Å². The van der Waals surface area contributed by atoms with E-state index in [9.17, 15) is 14.3 Å². The molecule has 218 valence electrons. The Morgan fingerprint density at radius 2 is 1.34 bits per heavy atom. The molecule has 1 aliphatic carbocycles. The van der Waals surface area contributed by atoms with Gasteiger partial charge in [0.15, 0.2) is 5.78 Å². The predicted octanol–water partition coefficient (Wildman–Crippen LogP) is 8.04. The van der Waals surface area contributed by atoms with E-state index in [2.05, 4.69) is 5.32 Å². The second kappa shape index (κ2) is 11.6. The minimum atomic E-state index is -4.56. The summed E-state index contributed by atoms with van der Waals surface area (Å²) in [6.07, 6.45) is -0.716. The number of fused-ring (bicyclic) bond motifs is 3. The highest BCUT2D eigenvalue weighted by Crippen LogP contribution is 2.57. The molecule has 1 aliphatic rings. The maximum absolute atomic E-state index is 14.5. The zero-order valence-corrected chi connectivity index (χ0v) is 26.0. The minimum absolute atomic E-state index is 0.0695.